The van der Waals surface area contributed by atoms with Gasteiger partial charge >= 0.3 is 5.97 Å². The highest BCUT2D eigenvalue weighted by Crippen LogP contribution is 2.34. The third-order valence-electron chi connectivity index (χ3n) is 10.9. The number of carboxylic acid groups (broad SMARTS) is 1. The van der Waals surface area contributed by atoms with Crippen LogP contribution in [0.15, 0.2) is 30.3 Å². The maximum Gasteiger partial charge on any atom is 0.326 e. The molecule has 0 bridgehead atoms. The van der Waals surface area contributed by atoms with Crippen molar-refractivity contribution in [3.8, 4) is 0 Å². The number of ether oxygens (including phenoxy) is 2. The van der Waals surface area contributed by atoms with E-state index in [0.717, 1.165) is 37.7 Å². The van der Waals surface area contributed by atoms with Crippen LogP contribution in [0.1, 0.15) is 91.5 Å². The number of methoxy groups -OCH3 is 2. The van der Waals surface area contributed by atoms with Crippen LogP contribution in [-0.2, 0) is 39.9 Å². The predicted octanol–water partition coefficient (Wildman–Crippen LogP) is 3.13. The molecule has 13 heteroatoms. The Morgan fingerprint density at radius 2 is 1.60 bits per heavy atom. The van der Waals surface area contributed by atoms with Crippen molar-refractivity contribution in [2.45, 2.75) is 134 Å². The lowest BCUT2D eigenvalue weighted by Gasteiger charge is -2.43. The molecular weight excluding hydrogens is 666 g/mol. The third-order valence-corrected chi connectivity index (χ3v) is 10.9. The first-order valence-electron chi connectivity index (χ1n) is 18.8. The van der Waals surface area contributed by atoms with Gasteiger partial charge in [-0.1, -0.05) is 70.4 Å². The molecule has 1 aromatic carbocycles. The second-order valence-corrected chi connectivity index (χ2v) is 15.6. The van der Waals surface area contributed by atoms with E-state index in [-0.39, 0.29) is 36.5 Å². The van der Waals surface area contributed by atoms with Crippen LogP contribution in [0.4, 0.5) is 0 Å². The van der Waals surface area contributed by atoms with Gasteiger partial charge in [-0.05, 0) is 56.9 Å². The van der Waals surface area contributed by atoms with Gasteiger partial charge < -0.3 is 40.7 Å². The Morgan fingerprint density at radius 3 is 2.13 bits per heavy atom. The van der Waals surface area contributed by atoms with E-state index in [2.05, 4.69) is 10.6 Å². The fourth-order valence-corrected chi connectivity index (χ4v) is 7.83. The minimum absolute atomic E-state index is 0.00942. The highest BCUT2D eigenvalue weighted by atomic mass is 16.5. The summed E-state index contributed by atoms with van der Waals surface area (Å²) < 4.78 is 11.9. The molecular formula is C39H63N5O8. The zero-order valence-electron chi connectivity index (χ0n) is 32.4. The van der Waals surface area contributed by atoms with E-state index in [0.29, 0.717) is 19.4 Å². The fourth-order valence-electron chi connectivity index (χ4n) is 7.83. The second kappa shape index (κ2) is 19.5. The Kier molecular flexibility index (Phi) is 16.1. The van der Waals surface area contributed by atoms with Crippen molar-refractivity contribution < 1.29 is 38.6 Å². The van der Waals surface area contributed by atoms with E-state index in [1.165, 1.54) is 7.11 Å². The van der Waals surface area contributed by atoms with E-state index < -0.39 is 65.6 Å². The van der Waals surface area contributed by atoms with Crippen LogP contribution in [0.3, 0.4) is 0 Å². The van der Waals surface area contributed by atoms with Crippen molar-refractivity contribution in [1.29, 1.82) is 0 Å². The number of carbonyl (C=O) groups excluding carboxylic acids is 4. The molecule has 1 aliphatic heterocycles. The summed E-state index contributed by atoms with van der Waals surface area (Å²) in [5, 5.41) is 15.4. The van der Waals surface area contributed by atoms with Crippen LogP contribution < -0.4 is 16.4 Å². The molecule has 1 heterocycles. The molecule has 5 N–H and O–H groups in total. The molecule has 0 radical (unpaired) electrons. The van der Waals surface area contributed by atoms with Crippen molar-refractivity contribution in [1.82, 2.24) is 20.4 Å². The molecule has 13 nitrogen and oxygen atoms in total. The van der Waals surface area contributed by atoms with Crippen LogP contribution in [-0.4, -0.2) is 114 Å². The number of nitrogens with two attached hydrogens (primary N) is 1. The number of carbonyl (C=O) groups is 5. The van der Waals surface area contributed by atoms with E-state index in [4.69, 9.17) is 15.2 Å². The van der Waals surface area contributed by atoms with E-state index in [1.54, 1.807) is 44.7 Å². The largest absolute Gasteiger partial charge is 0.480 e. The Bertz CT molecular complexity index is 1350. The summed E-state index contributed by atoms with van der Waals surface area (Å²) >= 11 is 0. The average molecular weight is 730 g/mol. The molecule has 0 spiro atoms. The molecule has 1 saturated carbocycles. The van der Waals surface area contributed by atoms with Gasteiger partial charge in [-0.25, -0.2) is 4.79 Å². The van der Waals surface area contributed by atoms with Gasteiger partial charge in [-0.3, -0.25) is 19.2 Å². The standard InChI is InChI=1S/C39H63N5O8/c1-24(2)32(42-38(50)39(4,5)40)36(47)43(6)33(27-18-13-10-14-19-27)30(51-7)23-31(45)44-21-15-20-29(44)34(52-8)25(3)35(46)41-28(37(48)49)22-26-16-11-9-12-17-26/h9,11-12,16-17,24-25,27-30,32-34H,10,13-15,18-23,40H2,1-8H3,(H,41,46)(H,42,50)(H,48,49)/t25-,28+,29+,30-,32+,33+,34-/m1/s1. The summed E-state index contributed by atoms with van der Waals surface area (Å²) in [4.78, 5) is 70.3. The molecule has 1 saturated heterocycles. The summed E-state index contributed by atoms with van der Waals surface area (Å²) in [7, 11) is 4.79. The lowest BCUT2D eigenvalue weighted by Crippen LogP contribution is -2.61. The number of nitrogens with one attached hydrogen (secondary N) is 2. The molecule has 1 aliphatic carbocycles. The number of rotatable bonds is 18. The Labute approximate surface area is 309 Å². The number of nitrogens with zero attached hydrogens (tertiary/aromatic N) is 2. The summed E-state index contributed by atoms with van der Waals surface area (Å²) in [6, 6.07) is 6.33. The van der Waals surface area contributed by atoms with Crippen LogP contribution >= 0.6 is 0 Å². The number of likely N-dealkylation sites (N-methyl/N-ethyl adjacent to an activating group) is 1. The van der Waals surface area contributed by atoms with Crippen LogP contribution in [0.2, 0.25) is 0 Å². The minimum atomic E-state index is -1.17. The molecule has 52 heavy (non-hydrogen) atoms. The SMILES string of the molecule is CO[C@H]([C@@H](C)C(=O)N[C@@H](Cc1ccccc1)C(=O)O)[C@@H]1CCCN1C(=O)C[C@@H](OC)[C@H](C1CCCCC1)N(C)C(=O)[C@@H](NC(=O)C(C)(C)N)C(C)C. The van der Waals surface area contributed by atoms with Crippen molar-refractivity contribution in [3.05, 3.63) is 35.9 Å². The van der Waals surface area contributed by atoms with Gasteiger partial charge in [-0.15, -0.1) is 0 Å². The average Bonchev–Trinajstić information content (AvgIpc) is 3.59. The summed E-state index contributed by atoms with van der Waals surface area (Å²) in [6.45, 7) is 9.10. The van der Waals surface area contributed by atoms with Crippen LogP contribution in [0.5, 0.6) is 0 Å². The van der Waals surface area contributed by atoms with Gasteiger partial charge in [0.1, 0.15) is 12.1 Å². The number of hydrogen-bond acceptors (Lipinski definition) is 8. The first kappa shape index (κ1) is 42.9. The topological polar surface area (TPSA) is 181 Å². The van der Waals surface area contributed by atoms with Crippen molar-refractivity contribution >= 4 is 29.6 Å². The maximum absolute atomic E-state index is 14.2. The first-order valence-corrected chi connectivity index (χ1v) is 18.8. The summed E-state index contributed by atoms with van der Waals surface area (Å²) in [5.74, 6) is -3.33. The molecule has 2 aliphatic rings. The van der Waals surface area contributed by atoms with Crippen molar-refractivity contribution in [3.63, 3.8) is 0 Å². The third kappa shape index (κ3) is 11.2. The lowest BCUT2D eigenvalue weighted by atomic mass is 9.80. The number of carboxylic acids is 1. The lowest BCUT2D eigenvalue weighted by molar-refractivity contribution is -0.149. The molecule has 7 atom stereocenters. The molecule has 0 aromatic heterocycles. The Balaban J connectivity index is 1.80. The van der Waals surface area contributed by atoms with E-state index in [9.17, 15) is 29.1 Å². The smallest absolute Gasteiger partial charge is 0.326 e. The van der Waals surface area contributed by atoms with Gasteiger partial charge in [-0.2, -0.15) is 0 Å². The molecule has 1 aromatic rings. The highest BCUT2D eigenvalue weighted by Gasteiger charge is 2.44. The van der Waals surface area contributed by atoms with Crippen LogP contribution in [0.25, 0.3) is 0 Å². The van der Waals surface area contributed by atoms with Gasteiger partial charge in [0, 0.05) is 34.2 Å². The predicted molar refractivity (Wildman–Crippen MR) is 198 cm³/mol. The van der Waals surface area contributed by atoms with Crippen LogP contribution in [0, 0.1) is 17.8 Å². The maximum atomic E-state index is 14.2. The fraction of sp³-hybridized carbons (Fsp3) is 0.718. The van der Waals surface area contributed by atoms with E-state index >= 15 is 0 Å². The molecule has 3 rings (SSSR count). The van der Waals surface area contributed by atoms with Gasteiger partial charge in [0.05, 0.1) is 42.2 Å². The summed E-state index contributed by atoms with van der Waals surface area (Å²) in [5.41, 5.74) is 5.67. The van der Waals surface area contributed by atoms with Gasteiger partial charge in [0.2, 0.25) is 23.6 Å². The molecule has 2 fully saturated rings. The number of benzene rings is 1. The normalized spacial score (nSPS) is 20.3. The number of hydrogen-bond donors (Lipinski definition) is 4. The highest BCUT2D eigenvalue weighted by molar-refractivity contribution is 5.92. The number of likely N-dealkylation sites (tertiary alicyclic amines) is 1. The Hall–Kier alpha value is -3.55. The zero-order chi connectivity index (χ0) is 38.7. The van der Waals surface area contributed by atoms with Crippen molar-refractivity contribution in [2.24, 2.45) is 23.5 Å². The molecule has 292 valence electrons. The number of amides is 4. The quantitative estimate of drug-likeness (QED) is 0.177. The van der Waals surface area contributed by atoms with Gasteiger partial charge in [0.25, 0.3) is 0 Å². The zero-order valence-corrected chi connectivity index (χ0v) is 32.4. The first-order chi connectivity index (χ1) is 24.5. The monoisotopic (exact) mass is 729 g/mol. The second-order valence-electron chi connectivity index (χ2n) is 15.6. The minimum Gasteiger partial charge on any atom is -0.480 e. The van der Waals surface area contributed by atoms with Crippen molar-refractivity contribution in [2.75, 3.05) is 27.8 Å². The van der Waals surface area contributed by atoms with Gasteiger partial charge in [0.15, 0.2) is 0 Å². The summed E-state index contributed by atoms with van der Waals surface area (Å²) in [6.07, 6.45) is 5.06. The Morgan fingerprint density at radius 1 is 0.962 bits per heavy atom. The molecule has 0 unspecified atom stereocenters. The number of aliphatic carboxylic acids is 1. The van der Waals surface area contributed by atoms with E-state index in [1.807, 2.05) is 44.2 Å². The molecule has 4 amide bonds.